The molecule has 7 heteroatoms. The molecular weight excluding hydrogens is 370 g/mol. The van der Waals surface area contributed by atoms with Crippen LogP contribution in [0.4, 0.5) is 5.69 Å². The summed E-state index contributed by atoms with van der Waals surface area (Å²) < 4.78 is 1.91. The summed E-state index contributed by atoms with van der Waals surface area (Å²) in [4.78, 5) is 13.2. The predicted molar refractivity (Wildman–Crippen MR) is 112 cm³/mol. The van der Waals surface area contributed by atoms with Gasteiger partial charge in [0.2, 0.25) is 11.1 Å². The third-order valence-corrected chi connectivity index (χ3v) is 6.13. The average Bonchev–Trinajstić information content (AvgIpc) is 3.11. The molecule has 144 valence electrons. The number of hydrogen-bond acceptors (Lipinski definition) is 5. The highest BCUT2D eigenvalue weighted by molar-refractivity contribution is 8.00. The number of benzene rings is 2. The molecule has 1 aromatic heterocycles. The van der Waals surface area contributed by atoms with Gasteiger partial charge in [-0.2, -0.15) is 0 Å². The normalized spacial score (nSPS) is 18.2. The van der Waals surface area contributed by atoms with Gasteiger partial charge in [0, 0.05) is 12.1 Å². The number of hydrogen-bond donors (Lipinski definition) is 2. The minimum atomic E-state index is -0.372. The van der Waals surface area contributed by atoms with E-state index in [1.807, 2.05) is 42.8 Å². The highest BCUT2D eigenvalue weighted by Gasteiger charge is 2.37. The number of nitrogens with one attached hydrogen (secondary N) is 2. The molecule has 1 amide bonds. The Morgan fingerprint density at radius 3 is 2.61 bits per heavy atom. The third kappa shape index (κ3) is 3.49. The fourth-order valence-corrected chi connectivity index (χ4v) is 4.37. The number of carbonyl (C=O) groups is 1. The standard InChI is InChI=1S/C21H23N5OS/c1-4-17-23-24-21-26(17)25-18(15-11-9-13(2)10-12-15)19(28-21)20(27)22-16-8-6-5-7-14(16)3/h5-12,18-19,25H,4H2,1-3H3,(H,22,27)/t18-,19+/m1/s1. The Balaban J connectivity index is 1.68. The van der Waals surface area contributed by atoms with E-state index in [2.05, 4.69) is 52.1 Å². The largest absolute Gasteiger partial charge is 0.325 e. The van der Waals surface area contributed by atoms with Gasteiger partial charge in [-0.3, -0.25) is 4.79 Å². The number of para-hydroxylation sites is 1. The van der Waals surface area contributed by atoms with Gasteiger partial charge in [0.1, 0.15) is 5.25 Å². The minimum Gasteiger partial charge on any atom is -0.325 e. The molecule has 6 nitrogen and oxygen atoms in total. The zero-order valence-electron chi connectivity index (χ0n) is 16.1. The number of thioether (sulfide) groups is 1. The van der Waals surface area contributed by atoms with E-state index in [1.54, 1.807) is 0 Å². The summed E-state index contributed by atoms with van der Waals surface area (Å²) in [5.41, 5.74) is 7.59. The van der Waals surface area contributed by atoms with Crippen molar-refractivity contribution >= 4 is 23.4 Å². The molecule has 1 aliphatic rings. The van der Waals surface area contributed by atoms with Crippen LogP contribution in [-0.4, -0.2) is 26.0 Å². The van der Waals surface area contributed by atoms with E-state index < -0.39 is 0 Å². The van der Waals surface area contributed by atoms with Crippen molar-refractivity contribution in [3.8, 4) is 0 Å². The predicted octanol–water partition coefficient (Wildman–Crippen LogP) is 3.86. The number of rotatable bonds is 4. The van der Waals surface area contributed by atoms with Gasteiger partial charge in [-0.25, -0.2) is 4.68 Å². The Hall–Kier alpha value is -2.80. The molecular formula is C21H23N5OS. The summed E-state index contributed by atoms with van der Waals surface area (Å²) in [6.45, 7) is 6.09. The number of amides is 1. The van der Waals surface area contributed by atoms with Gasteiger partial charge in [0.15, 0.2) is 5.82 Å². The number of nitrogens with zero attached hydrogens (tertiary/aromatic N) is 3. The lowest BCUT2D eigenvalue weighted by Gasteiger charge is -2.33. The minimum absolute atomic E-state index is 0.0512. The first kappa shape index (κ1) is 18.6. The number of carbonyl (C=O) groups excluding carboxylic acids is 1. The Morgan fingerprint density at radius 2 is 1.89 bits per heavy atom. The molecule has 2 N–H and O–H groups in total. The van der Waals surface area contributed by atoms with Crippen molar-refractivity contribution in [1.82, 2.24) is 14.9 Å². The van der Waals surface area contributed by atoms with Gasteiger partial charge in [-0.05, 0) is 31.0 Å². The van der Waals surface area contributed by atoms with Crippen LogP contribution in [0.5, 0.6) is 0 Å². The maximum atomic E-state index is 13.2. The van der Waals surface area contributed by atoms with Crippen LogP contribution in [0.3, 0.4) is 0 Å². The first-order valence-corrected chi connectivity index (χ1v) is 10.3. The monoisotopic (exact) mass is 393 g/mol. The molecule has 1 aliphatic heterocycles. The average molecular weight is 394 g/mol. The molecule has 0 fully saturated rings. The molecule has 4 rings (SSSR count). The fourth-order valence-electron chi connectivity index (χ4n) is 3.27. The molecule has 0 unspecified atom stereocenters. The van der Waals surface area contributed by atoms with Crippen LogP contribution in [0.1, 0.15) is 35.5 Å². The van der Waals surface area contributed by atoms with Crippen molar-refractivity contribution in [1.29, 1.82) is 0 Å². The van der Waals surface area contributed by atoms with Gasteiger partial charge >= 0.3 is 0 Å². The summed E-state index contributed by atoms with van der Waals surface area (Å²) in [7, 11) is 0. The highest BCUT2D eigenvalue weighted by Crippen LogP contribution is 2.37. The summed E-state index contributed by atoms with van der Waals surface area (Å²) in [5, 5.41) is 11.9. The third-order valence-electron chi connectivity index (χ3n) is 4.92. The van der Waals surface area contributed by atoms with Gasteiger partial charge in [-0.1, -0.05) is 66.7 Å². The Morgan fingerprint density at radius 1 is 1.14 bits per heavy atom. The molecule has 3 aromatic rings. The quantitative estimate of drug-likeness (QED) is 0.704. The van der Waals surface area contributed by atoms with E-state index in [1.165, 1.54) is 17.3 Å². The zero-order chi connectivity index (χ0) is 19.7. The first-order valence-electron chi connectivity index (χ1n) is 9.37. The number of fused-ring (bicyclic) bond motifs is 1. The molecule has 2 heterocycles. The van der Waals surface area contributed by atoms with Crippen LogP contribution in [0, 0.1) is 13.8 Å². The van der Waals surface area contributed by atoms with E-state index in [-0.39, 0.29) is 17.2 Å². The van der Waals surface area contributed by atoms with Gasteiger partial charge in [0.25, 0.3) is 0 Å². The lowest BCUT2D eigenvalue weighted by molar-refractivity contribution is -0.116. The Labute approximate surface area is 168 Å². The molecule has 0 radical (unpaired) electrons. The van der Waals surface area contributed by atoms with Crippen molar-refractivity contribution in [3.63, 3.8) is 0 Å². The van der Waals surface area contributed by atoms with Gasteiger partial charge in [0.05, 0.1) is 6.04 Å². The molecule has 2 aromatic carbocycles. The van der Waals surface area contributed by atoms with Crippen molar-refractivity contribution in [2.75, 3.05) is 10.7 Å². The van der Waals surface area contributed by atoms with Crippen LogP contribution in [-0.2, 0) is 11.2 Å². The Kier molecular flexibility index (Phi) is 5.09. The van der Waals surface area contributed by atoms with E-state index >= 15 is 0 Å². The van der Waals surface area contributed by atoms with Crippen LogP contribution in [0.15, 0.2) is 53.7 Å². The summed E-state index contributed by atoms with van der Waals surface area (Å²) in [5.74, 6) is 0.807. The number of anilines is 1. The van der Waals surface area contributed by atoms with Crippen molar-refractivity contribution in [2.45, 2.75) is 43.6 Å². The highest BCUT2D eigenvalue weighted by atomic mass is 32.2. The summed E-state index contributed by atoms with van der Waals surface area (Å²) >= 11 is 1.45. The lowest BCUT2D eigenvalue weighted by atomic mass is 10.0. The summed E-state index contributed by atoms with van der Waals surface area (Å²) in [6.07, 6.45) is 0.765. The molecule has 28 heavy (non-hydrogen) atoms. The SMILES string of the molecule is CCc1nnc2n1N[C@H](c1ccc(C)cc1)[C@@H](C(=O)Nc1ccccc1C)S2. The van der Waals surface area contributed by atoms with Gasteiger partial charge in [-0.15, -0.1) is 10.2 Å². The van der Waals surface area contributed by atoms with Gasteiger partial charge < -0.3 is 10.7 Å². The van der Waals surface area contributed by atoms with E-state index in [0.29, 0.717) is 5.16 Å². The van der Waals surface area contributed by atoms with E-state index in [9.17, 15) is 4.79 Å². The molecule has 0 saturated heterocycles. The Bertz CT molecular complexity index is 998. The smallest absolute Gasteiger partial charge is 0.240 e. The van der Waals surface area contributed by atoms with E-state index in [0.717, 1.165) is 29.1 Å². The molecule has 0 spiro atoms. The second kappa shape index (κ2) is 7.67. The topological polar surface area (TPSA) is 71.8 Å². The maximum Gasteiger partial charge on any atom is 0.240 e. The van der Waals surface area contributed by atoms with Crippen molar-refractivity contribution in [2.24, 2.45) is 0 Å². The summed E-state index contributed by atoms with van der Waals surface area (Å²) in [6, 6.07) is 15.9. The van der Waals surface area contributed by atoms with Crippen molar-refractivity contribution in [3.05, 3.63) is 71.0 Å². The van der Waals surface area contributed by atoms with E-state index in [4.69, 9.17) is 0 Å². The zero-order valence-corrected chi connectivity index (χ0v) is 17.0. The molecule has 0 saturated carbocycles. The molecule has 0 aliphatic carbocycles. The fraction of sp³-hybridized carbons (Fsp3) is 0.286. The van der Waals surface area contributed by atoms with Crippen LogP contribution in [0.2, 0.25) is 0 Å². The van der Waals surface area contributed by atoms with Crippen LogP contribution in [0.25, 0.3) is 0 Å². The number of aromatic nitrogens is 3. The number of aryl methyl sites for hydroxylation is 3. The lowest BCUT2D eigenvalue weighted by Crippen LogP contribution is -2.41. The maximum absolute atomic E-state index is 13.2. The van der Waals surface area contributed by atoms with Crippen LogP contribution >= 0.6 is 11.8 Å². The van der Waals surface area contributed by atoms with Crippen LogP contribution < -0.4 is 10.7 Å². The molecule has 0 bridgehead atoms. The second-order valence-electron chi connectivity index (χ2n) is 6.95. The van der Waals surface area contributed by atoms with Crippen molar-refractivity contribution < 1.29 is 4.79 Å². The first-order chi connectivity index (χ1) is 13.6. The molecule has 2 atom stereocenters. The second-order valence-corrected chi connectivity index (χ2v) is 8.06.